The number of benzene rings is 1. The minimum absolute atomic E-state index is 0.0767. The molecule has 0 aromatic heterocycles. The van der Waals surface area contributed by atoms with E-state index in [9.17, 15) is 4.79 Å². The van der Waals surface area contributed by atoms with Gasteiger partial charge in [-0.15, -0.1) is 0 Å². The van der Waals surface area contributed by atoms with Crippen molar-refractivity contribution in [2.45, 2.75) is 52.0 Å². The first-order valence-corrected chi connectivity index (χ1v) is 7.53. The van der Waals surface area contributed by atoms with Crippen molar-refractivity contribution in [3.8, 4) is 0 Å². The van der Waals surface area contributed by atoms with Gasteiger partial charge in [-0.3, -0.25) is 4.79 Å². The van der Waals surface area contributed by atoms with Crippen LogP contribution in [0.3, 0.4) is 0 Å². The van der Waals surface area contributed by atoms with E-state index < -0.39 is 0 Å². The average Bonchev–Trinajstić information content (AvgIpc) is 2.45. The third kappa shape index (κ3) is 5.33. The third-order valence-electron chi connectivity index (χ3n) is 3.77. The molecule has 2 unspecified atom stereocenters. The van der Waals surface area contributed by atoms with Crippen molar-refractivity contribution in [2.24, 2.45) is 5.92 Å². The molecule has 0 fully saturated rings. The summed E-state index contributed by atoms with van der Waals surface area (Å²) in [7, 11) is 0. The standard InChI is InChI=1S/C17H27NO2/c1-4-15(10-11-19)18-17(20)12-16(13(2)3)14-8-6-5-7-9-14/h5-9,13,15-16,19H,4,10-12H2,1-3H3,(H,18,20). The van der Waals surface area contributed by atoms with Crippen LogP contribution in [0.5, 0.6) is 0 Å². The van der Waals surface area contributed by atoms with Gasteiger partial charge in [-0.25, -0.2) is 0 Å². The van der Waals surface area contributed by atoms with E-state index in [-0.39, 0.29) is 24.5 Å². The van der Waals surface area contributed by atoms with Crippen molar-refractivity contribution in [1.29, 1.82) is 0 Å². The van der Waals surface area contributed by atoms with Gasteiger partial charge in [0, 0.05) is 19.1 Å². The van der Waals surface area contributed by atoms with Crippen molar-refractivity contribution in [3.05, 3.63) is 35.9 Å². The molecule has 0 aliphatic carbocycles. The van der Waals surface area contributed by atoms with Gasteiger partial charge in [0.25, 0.3) is 0 Å². The van der Waals surface area contributed by atoms with E-state index in [2.05, 4.69) is 31.3 Å². The number of carbonyl (C=O) groups excluding carboxylic acids is 1. The van der Waals surface area contributed by atoms with E-state index in [4.69, 9.17) is 5.11 Å². The zero-order valence-corrected chi connectivity index (χ0v) is 12.8. The van der Waals surface area contributed by atoms with Crippen LogP contribution in [-0.2, 0) is 4.79 Å². The summed E-state index contributed by atoms with van der Waals surface area (Å²) in [5, 5.41) is 12.0. The lowest BCUT2D eigenvalue weighted by atomic mass is 9.85. The molecule has 0 saturated heterocycles. The van der Waals surface area contributed by atoms with Gasteiger partial charge in [-0.1, -0.05) is 51.1 Å². The van der Waals surface area contributed by atoms with Crippen LogP contribution in [0.1, 0.15) is 51.5 Å². The van der Waals surface area contributed by atoms with Crippen LogP contribution in [0.25, 0.3) is 0 Å². The number of hydrogen-bond donors (Lipinski definition) is 2. The molecule has 1 aromatic rings. The Morgan fingerprint density at radius 2 is 1.90 bits per heavy atom. The molecule has 0 saturated carbocycles. The van der Waals surface area contributed by atoms with Gasteiger partial charge in [0.05, 0.1) is 0 Å². The fourth-order valence-corrected chi connectivity index (χ4v) is 2.46. The summed E-state index contributed by atoms with van der Waals surface area (Å²) in [6, 6.07) is 10.3. The molecule has 0 spiro atoms. The lowest BCUT2D eigenvalue weighted by Crippen LogP contribution is -2.36. The Kier molecular flexibility index (Phi) is 7.31. The molecule has 3 nitrogen and oxygen atoms in total. The van der Waals surface area contributed by atoms with E-state index in [1.54, 1.807) is 0 Å². The molecule has 2 N–H and O–H groups in total. The van der Waals surface area contributed by atoms with Gasteiger partial charge in [-0.2, -0.15) is 0 Å². The van der Waals surface area contributed by atoms with Crippen LogP contribution >= 0.6 is 0 Å². The zero-order chi connectivity index (χ0) is 15.0. The molecular formula is C17H27NO2. The topological polar surface area (TPSA) is 49.3 Å². The Labute approximate surface area is 122 Å². The number of aliphatic hydroxyl groups excluding tert-OH is 1. The second kappa shape index (κ2) is 8.75. The number of aliphatic hydroxyl groups is 1. The number of hydrogen-bond acceptors (Lipinski definition) is 2. The van der Waals surface area contributed by atoms with Crippen LogP contribution in [-0.4, -0.2) is 23.7 Å². The third-order valence-corrected chi connectivity index (χ3v) is 3.77. The summed E-state index contributed by atoms with van der Waals surface area (Å²) in [6.07, 6.45) is 1.98. The van der Waals surface area contributed by atoms with Crippen LogP contribution in [0, 0.1) is 5.92 Å². The van der Waals surface area contributed by atoms with Gasteiger partial charge >= 0.3 is 0 Å². The smallest absolute Gasteiger partial charge is 0.220 e. The molecule has 2 atom stereocenters. The van der Waals surface area contributed by atoms with Crippen molar-refractivity contribution < 1.29 is 9.90 Å². The lowest BCUT2D eigenvalue weighted by molar-refractivity contribution is -0.122. The number of nitrogens with one attached hydrogen (secondary N) is 1. The molecule has 0 aliphatic rings. The molecule has 1 rings (SSSR count). The molecule has 20 heavy (non-hydrogen) atoms. The molecule has 0 bridgehead atoms. The van der Waals surface area contributed by atoms with Gasteiger partial charge in [0.15, 0.2) is 0 Å². The van der Waals surface area contributed by atoms with E-state index in [0.717, 1.165) is 6.42 Å². The Bertz CT molecular complexity index is 389. The maximum Gasteiger partial charge on any atom is 0.220 e. The first-order chi connectivity index (χ1) is 9.58. The van der Waals surface area contributed by atoms with Gasteiger partial charge in [-0.05, 0) is 30.2 Å². The Morgan fingerprint density at radius 3 is 2.40 bits per heavy atom. The molecule has 0 heterocycles. The zero-order valence-electron chi connectivity index (χ0n) is 12.8. The average molecular weight is 277 g/mol. The van der Waals surface area contributed by atoms with Crippen molar-refractivity contribution >= 4 is 5.91 Å². The molecule has 112 valence electrons. The Hall–Kier alpha value is -1.35. The quantitative estimate of drug-likeness (QED) is 0.767. The Morgan fingerprint density at radius 1 is 1.25 bits per heavy atom. The molecule has 3 heteroatoms. The molecule has 1 amide bonds. The highest BCUT2D eigenvalue weighted by Gasteiger charge is 2.20. The molecule has 0 aliphatic heterocycles. The summed E-state index contributed by atoms with van der Waals surface area (Å²) in [4.78, 5) is 12.2. The van der Waals surface area contributed by atoms with Gasteiger partial charge in [0.2, 0.25) is 5.91 Å². The summed E-state index contributed by atoms with van der Waals surface area (Å²) >= 11 is 0. The maximum atomic E-state index is 12.2. The summed E-state index contributed by atoms with van der Waals surface area (Å²) in [5.74, 6) is 0.733. The monoisotopic (exact) mass is 277 g/mol. The minimum Gasteiger partial charge on any atom is -0.396 e. The fourth-order valence-electron chi connectivity index (χ4n) is 2.46. The lowest BCUT2D eigenvalue weighted by Gasteiger charge is -2.23. The van der Waals surface area contributed by atoms with Crippen LogP contribution < -0.4 is 5.32 Å². The number of amides is 1. The van der Waals surface area contributed by atoms with E-state index in [0.29, 0.717) is 18.8 Å². The highest BCUT2D eigenvalue weighted by Crippen LogP contribution is 2.27. The first kappa shape index (κ1) is 16.7. The second-order valence-electron chi connectivity index (χ2n) is 5.65. The summed E-state index contributed by atoms with van der Waals surface area (Å²) in [6.45, 7) is 6.44. The fraction of sp³-hybridized carbons (Fsp3) is 0.588. The van der Waals surface area contributed by atoms with Gasteiger partial charge in [0.1, 0.15) is 0 Å². The predicted octanol–water partition coefficient (Wildman–Crippen LogP) is 3.09. The SMILES string of the molecule is CCC(CCO)NC(=O)CC(c1ccccc1)C(C)C. The predicted molar refractivity (Wildman–Crippen MR) is 82.6 cm³/mol. The Balaban J connectivity index is 2.65. The normalized spacial score (nSPS) is 14.1. The van der Waals surface area contributed by atoms with Crippen LogP contribution in [0.2, 0.25) is 0 Å². The van der Waals surface area contributed by atoms with E-state index in [1.807, 2.05) is 25.1 Å². The van der Waals surface area contributed by atoms with Crippen molar-refractivity contribution in [1.82, 2.24) is 5.32 Å². The minimum atomic E-state index is 0.0767. The van der Waals surface area contributed by atoms with E-state index in [1.165, 1.54) is 5.56 Å². The summed E-state index contributed by atoms with van der Waals surface area (Å²) in [5.41, 5.74) is 1.22. The second-order valence-corrected chi connectivity index (χ2v) is 5.65. The van der Waals surface area contributed by atoms with Crippen LogP contribution in [0.4, 0.5) is 0 Å². The van der Waals surface area contributed by atoms with Crippen LogP contribution in [0.15, 0.2) is 30.3 Å². The number of rotatable bonds is 8. The largest absolute Gasteiger partial charge is 0.396 e. The highest BCUT2D eigenvalue weighted by atomic mass is 16.3. The maximum absolute atomic E-state index is 12.2. The van der Waals surface area contributed by atoms with Crippen molar-refractivity contribution in [3.63, 3.8) is 0 Å². The summed E-state index contributed by atoms with van der Waals surface area (Å²) < 4.78 is 0. The van der Waals surface area contributed by atoms with Gasteiger partial charge < -0.3 is 10.4 Å². The molecule has 0 radical (unpaired) electrons. The van der Waals surface area contributed by atoms with E-state index >= 15 is 0 Å². The molecule has 1 aromatic carbocycles. The highest BCUT2D eigenvalue weighted by molar-refractivity contribution is 5.77. The first-order valence-electron chi connectivity index (χ1n) is 7.53. The van der Waals surface area contributed by atoms with Crippen molar-refractivity contribution in [2.75, 3.05) is 6.61 Å². The molecular weight excluding hydrogens is 250 g/mol. The number of carbonyl (C=O) groups is 1.